The van der Waals surface area contributed by atoms with Gasteiger partial charge in [0, 0.05) is 6.42 Å². The average Bonchev–Trinajstić information content (AvgIpc) is 2.08. The molecule has 0 radical (unpaired) electrons. The van der Waals surface area contributed by atoms with Gasteiger partial charge in [0.05, 0.1) is 12.2 Å². The summed E-state index contributed by atoms with van der Waals surface area (Å²) >= 11 is 0. The first-order valence-electron chi connectivity index (χ1n) is 5.10. The van der Waals surface area contributed by atoms with Crippen molar-refractivity contribution < 1.29 is 14.2 Å². The van der Waals surface area contributed by atoms with Crippen LogP contribution < -0.4 is 4.74 Å². The van der Waals surface area contributed by atoms with Crippen molar-refractivity contribution in [2.75, 3.05) is 0 Å². The second kappa shape index (κ2) is 5.12. The number of ether oxygens (including phenoxy) is 1. The first-order valence-corrected chi connectivity index (χ1v) is 5.10. The molecule has 0 aliphatic carbocycles. The van der Waals surface area contributed by atoms with Crippen molar-refractivity contribution in [1.29, 1.82) is 0 Å². The zero-order valence-electron chi connectivity index (χ0n) is 9.33. The van der Waals surface area contributed by atoms with E-state index in [1.165, 1.54) is 12.1 Å². The van der Waals surface area contributed by atoms with Crippen molar-refractivity contribution in [3.63, 3.8) is 0 Å². The molecule has 1 aromatic rings. The van der Waals surface area contributed by atoms with Gasteiger partial charge in [-0.25, -0.2) is 4.39 Å². The quantitative estimate of drug-likeness (QED) is 0.831. The van der Waals surface area contributed by atoms with Crippen LogP contribution in [0.4, 0.5) is 4.39 Å². The van der Waals surface area contributed by atoms with Gasteiger partial charge in [0.25, 0.3) is 0 Å². The number of aryl methyl sites for hydroxylation is 1. The van der Waals surface area contributed by atoms with Gasteiger partial charge in [-0.1, -0.05) is 0 Å². The van der Waals surface area contributed by atoms with E-state index in [0.717, 1.165) is 5.56 Å². The molecule has 0 heterocycles. The van der Waals surface area contributed by atoms with Crippen LogP contribution >= 0.6 is 0 Å². The lowest BCUT2D eigenvalue weighted by molar-refractivity contribution is 0.115. The molecule has 0 spiro atoms. The van der Waals surface area contributed by atoms with Crippen LogP contribution in [-0.2, 0) is 0 Å². The molecule has 0 saturated carbocycles. The Labute approximate surface area is 89.7 Å². The third-order valence-corrected chi connectivity index (χ3v) is 2.14. The summed E-state index contributed by atoms with van der Waals surface area (Å²) in [6, 6.07) is 4.42. The van der Waals surface area contributed by atoms with Crippen molar-refractivity contribution in [3.05, 3.63) is 29.6 Å². The summed E-state index contributed by atoms with van der Waals surface area (Å²) < 4.78 is 18.4. The molecule has 0 amide bonds. The minimum Gasteiger partial charge on any atom is -0.490 e. The fourth-order valence-corrected chi connectivity index (χ4v) is 1.49. The van der Waals surface area contributed by atoms with E-state index in [9.17, 15) is 9.50 Å². The standard InChI is InChI=1S/C12H17FO2/c1-8-6-11(13)4-5-12(8)15-10(3)7-9(2)14/h4-6,9-10,14H,7H2,1-3H3. The predicted molar refractivity (Wildman–Crippen MR) is 57.5 cm³/mol. The van der Waals surface area contributed by atoms with Crippen LogP contribution in [0.1, 0.15) is 25.8 Å². The Bertz CT molecular complexity index is 323. The first kappa shape index (κ1) is 12.0. The lowest BCUT2D eigenvalue weighted by atomic mass is 10.2. The molecular formula is C12H17FO2. The highest BCUT2D eigenvalue weighted by Gasteiger charge is 2.09. The van der Waals surface area contributed by atoms with Gasteiger partial charge in [0.1, 0.15) is 11.6 Å². The molecule has 0 aliphatic heterocycles. The summed E-state index contributed by atoms with van der Waals surface area (Å²) in [5, 5.41) is 9.17. The Hall–Kier alpha value is -1.09. The fraction of sp³-hybridized carbons (Fsp3) is 0.500. The Kier molecular flexibility index (Phi) is 4.09. The molecule has 1 N–H and O–H groups in total. The topological polar surface area (TPSA) is 29.5 Å². The van der Waals surface area contributed by atoms with Crippen LogP contribution in [0.15, 0.2) is 18.2 Å². The average molecular weight is 212 g/mol. The normalized spacial score (nSPS) is 14.7. The van der Waals surface area contributed by atoms with Crippen LogP contribution in [0.5, 0.6) is 5.75 Å². The van der Waals surface area contributed by atoms with Crippen molar-refractivity contribution in [1.82, 2.24) is 0 Å². The maximum atomic E-state index is 12.8. The third-order valence-electron chi connectivity index (χ3n) is 2.14. The summed E-state index contributed by atoms with van der Waals surface area (Å²) in [6.07, 6.45) is 0.103. The molecule has 1 rings (SSSR count). The van der Waals surface area contributed by atoms with Gasteiger partial charge in [-0.05, 0) is 44.5 Å². The largest absolute Gasteiger partial charge is 0.490 e. The van der Waals surface area contributed by atoms with E-state index in [2.05, 4.69) is 0 Å². The second-order valence-electron chi connectivity index (χ2n) is 3.92. The van der Waals surface area contributed by atoms with E-state index in [4.69, 9.17) is 4.74 Å². The van der Waals surface area contributed by atoms with Gasteiger partial charge in [0.15, 0.2) is 0 Å². The van der Waals surface area contributed by atoms with Crippen molar-refractivity contribution in [2.45, 2.75) is 39.4 Å². The van der Waals surface area contributed by atoms with Crippen LogP contribution in [0.3, 0.4) is 0 Å². The Morgan fingerprint density at radius 2 is 2.07 bits per heavy atom. The molecule has 3 heteroatoms. The number of aliphatic hydroxyl groups excluding tert-OH is 1. The molecular weight excluding hydrogens is 195 g/mol. The Morgan fingerprint density at radius 3 is 2.60 bits per heavy atom. The van der Waals surface area contributed by atoms with Gasteiger partial charge in [-0.15, -0.1) is 0 Å². The zero-order valence-corrected chi connectivity index (χ0v) is 9.33. The summed E-state index contributed by atoms with van der Waals surface area (Å²) in [5.74, 6) is 0.410. The van der Waals surface area contributed by atoms with E-state index < -0.39 is 0 Å². The lowest BCUT2D eigenvalue weighted by Gasteiger charge is -2.17. The molecule has 0 fully saturated rings. The molecule has 84 valence electrons. The van der Waals surface area contributed by atoms with E-state index in [1.54, 1.807) is 19.9 Å². The number of rotatable bonds is 4. The van der Waals surface area contributed by atoms with Crippen LogP contribution in [0.2, 0.25) is 0 Å². The number of benzene rings is 1. The van der Waals surface area contributed by atoms with E-state index in [0.29, 0.717) is 12.2 Å². The van der Waals surface area contributed by atoms with Crippen LogP contribution in [0, 0.1) is 12.7 Å². The first-order chi connectivity index (χ1) is 6.99. The lowest BCUT2D eigenvalue weighted by Crippen LogP contribution is -2.18. The molecule has 0 bridgehead atoms. The van der Waals surface area contributed by atoms with Gasteiger partial charge < -0.3 is 9.84 Å². The smallest absolute Gasteiger partial charge is 0.123 e. The summed E-state index contributed by atoms with van der Waals surface area (Å²) in [7, 11) is 0. The summed E-state index contributed by atoms with van der Waals surface area (Å²) in [5.41, 5.74) is 0.771. The fourth-order valence-electron chi connectivity index (χ4n) is 1.49. The molecule has 0 saturated heterocycles. The van der Waals surface area contributed by atoms with Crippen molar-refractivity contribution in [3.8, 4) is 5.75 Å². The number of hydrogen-bond donors (Lipinski definition) is 1. The van der Waals surface area contributed by atoms with E-state index in [1.807, 2.05) is 6.92 Å². The maximum absolute atomic E-state index is 12.8. The molecule has 2 unspecified atom stereocenters. The highest BCUT2D eigenvalue weighted by atomic mass is 19.1. The molecule has 1 aromatic carbocycles. The van der Waals surface area contributed by atoms with Crippen molar-refractivity contribution >= 4 is 0 Å². The maximum Gasteiger partial charge on any atom is 0.123 e. The molecule has 2 nitrogen and oxygen atoms in total. The van der Waals surface area contributed by atoms with Crippen LogP contribution in [0.25, 0.3) is 0 Å². The zero-order chi connectivity index (χ0) is 11.4. The number of hydrogen-bond acceptors (Lipinski definition) is 2. The van der Waals surface area contributed by atoms with E-state index in [-0.39, 0.29) is 18.0 Å². The molecule has 2 atom stereocenters. The monoisotopic (exact) mass is 212 g/mol. The molecule has 15 heavy (non-hydrogen) atoms. The van der Waals surface area contributed by atoms with Gasteiger partial charge in [0.2, 0.25) is 0 Å². The molecule has 0 aliphatic rings. The third kappa shape index (κ3) is 3.88. The predicted octanol–water partition coefficient (Wildman–Crippen LogP) is 2.67. The number of halogens is 1. The highest BCUT2D eigenvalue weighted by molar-refractivity contribution is 5.32. The number of aliphatic hydroxyl groups is 1. The summed E-state index contributed by atoms with van der Waals surface area (Å²) in [4.78, 5) is 0. The highest BCUT2D eigenvalue weighted by Crippen LogP contribution is 2.20. The summed E-state index contributed by atoms with van der Waals surface area (Å²) in [6.45, 7) is 5.40. The SMILES string of the molecule is Cc1cc(F)ccc1OC(C)CC(C)O. The van der Waals surface area contributed by atoms with Crippen molar-refractivity contribution in [2.24, 2.45) is 0 Å². The Balaban J connectivity index is 2.64. The minimum absolute atomic E-state index is 0.0749. The van der Waals surface area contributed by atoms with Gasteiger partial charge in [-0.2, -0.15) is 0 Å². The Morgan fingerprint density at radius 1 is 1.40 bits per heavy atom. The minimum atomic E-state index is -0.388. The van der Waals surface area contributed by atoms with E-state index >= 15 is 0 Å². The van der Waals surface area contributed by atoms with Gasteiger partial charge >= 0.3 is 0 Å². The van der Waals surface area contributed by atoms with Gasteiger partial charge in [-0.3, -0.25) is 0 Å². The van der Waals surface area contributed by atoms with Crippen LogP contribution in [-0.4, -0.2) is 17.3 Å². The molecule has 0 aromatic heterocycles. The second-order valence-corrected chi connectivity index (χ2v) is 3.92.